The quantitative estimate of drug-likeness (QED) is 0.823. The Kier molecular flexibility index (Phi) is 5.25. The molecule has 2 fully saturated rings. The molecule has 1 aromatic carbocycles. The Morgan fingerprint density at radius 2 is 1.70 bits per heavy atom. The van der Waals surface area contributed by atoms with Gasteiger partial charge in [0.05, 0.1) is 6.26 Å². The predicted molar refractivity (Wildman–Crippen MR) is 101 cm³/mol. The van der Waals surface area contributed by atoms with Gasteiger partial charge in [-0.3, -0.25) is 14.9 Å². The van der Waals surface area contributed by atoms with Crippen LogP contribution in [0.1, 0.15) is 47.8 Å². The molecule has 4 rings (SSSR count). The van der Waals surface area contributed by atoms with Gasteiger partial charge in [-0.25, -0.2) is 0 Å². The number of nitrogens with zero attached hydrogens (tertiary/aromatic N) is 1. The van der Waals surface area contributed by atoms with Crippen LogP contribution in [-0.2, 0) is 4.79 Å². The van der Waals surface area contributed by atoms with Gasteiger partial charge in [0.15, 0.2) is 5.76 Å². The summed E-state index contributed by atoms with van der Waals surface area (Å²) >= 11 is 0. The fourth-order valence-corrected chi connectivity index (χ4v) is 3.52. The molecule has 2 aromatic rings. The van der Waals surface area contributed by atoms with Crippen LogP contribution < -0.4 is 10.6 Å². The maximum absolute atomic E-state index is 12.7. The van der Waals surface area contributed by atoms with Crippen LogP contribution in [0.2, 0.25) is 0 Å². The first kappa shape index (κ1) is 17.8. The van der Waals surface area contributed by atoms with Crippen molar-refractivity contribution in [3.63, 3.8) is 0 Å². The van der Waals surface area contributed by atoms with Crippen LogP contribution in [-0.4, -0.2) is 41.9 Å². The number of rotatable bonds is 6. The van der Waals surface area contributed by atoms with Gasteiger partial charge in [-0.05, 0) is 43.4 Å². The zero-order valence-corrected chi connectivity index (χ0v) is 15.3. The van der Waals surface area contributed by atoms with Gasteiger partial charge in [0.1, 0.15) is 6.04 Å². The number of benzene rings is 1. The van der Waals surface area contributed by atoms with Gasteiger partial charge in [-0.2, -0.15) is 0 Å². The molecule has 0 spiro atoms. The van der Waals surface area contributed by atoms with E-state index in [-0.39, 0.29) is 23.9 Å². The summed E-state index contributed by atoms with van der Waals surface area (Å²) in [6, 6.07) is 13.4. The van der Waals surface area contributed by atoms with Crippen molar-refractivity contribution < 1.29 is 14.0 Å². The minimum absolute atomic E-state index is 0.0396. The first-order valence-corrected chi connectivity index (χ1v) is 9.65. The van der Waals surface area contributed by atoms with Crippen molar-refractivity contribution >= 4 is 11.8 Å². The summed E-state index contributed by atoms with van der Waals surface area (Å²) in [4.78, 5) is 27.0. The Hall–Kier alpha value is -2.60. The minimum atomic E-state index is -0.357. The van der Waals surface area contributed by atoms with E-state index in [2.05, 4.69) is 10.6 Å². The van der Waals surface area contributed by atoms with Crippen molar-refractivity contribution in [3.05, 3.63) is 60.1 Å². The highest BCUT2D eigenvalue weighted by atomic mass is 16.3. The van der Waals surface area contributed by atoms with Crippen molar-refractivity contribution in [3.8, 4) is 0 Å². The molecule has 6 nitrogen and oxygen atoms in total. The number of amides is 2. The lowest BCUT2D eigenvalue weighted by Gasteiger charge is -2.34. The Morgan fingerprint density at radius 3 is 2.33 bits per heavy atom. The Labute approximate surface area is 158 Å². The van der Waals surface area contributed by atoms with Crippen molar-refractivity contribution in [2.24, 2.45) is 0 Å². The number of nitrogens with one attached hydrogen (secondary N) is 2. The topological polar surface area (TPSA) is 74.6 Å². The average Bonchev–Trinajstić information content (AvgIpc) is 3.35. The summed E-state index contributed by atoms with van der Waals surface area (Å²) in [7, 11) is 0. The molecule has 1 aliphatic carbocycles. The highest BCUT2D eigenvalue weighted by molar-refractivity contribution is 5.91. The summed E-state index contributed by atoms with van der Waals surface area (Å²) in [6.45, 7) is 1.31. The van der Waals surface area contributed by atoms with E-state index >= 15 is 0 Å². The van der Waals surface area contributed by atoms with Crippen LogP contribution in [0.25, 0.3) is 0 Å². The number of hydrogen-bond donors (Lipinski definition) is 2. The van der Waals surface area contributed by atoms with Crippen LogP contribution in [0.15, 0.2) is 53.1 Å². The Balaban J connectivity index is 1.37. The highest BCUT2D eigenvalue weighted by Gasteiger charge is 2.31. The maximum atomic E-state index is 12.7. The second kappa shape index (κ2) is 7.96. The molecule has 1 atom stereocenters. The molecule has 2 N–H and O–H groups in total. The van der Waals surface area contributed by atoms with Crippen molar-refractivity contribution in [1.82, 2.24) is 15.5 Å². The van der Waals surface area contributed by atoms with Crippen molar-refractivity contribution in [2.75, 3.05) is 13.1 Å². The lowest BCUT2D eigenvalue weighted by molar-refractivity contribution is -0.123. The summed E-state index contributed by atoms with van der Waals surface area (Å²) in [6.07, 6.45) is 5.28. The van der Waals surface area contributed by atoms with Gasteiger partial charge < -0.3 is 14.6 Å². The monoisotopic (exact) mass is 367 g/mol. The second-order valence-electron chi connectivity index (χ2n) is 7.34. The Bertz CT molecular complexity index is 763. The van der Waals surface area contributed by atoms with E-state index in [9.17, 15) is 9.59 Å². The molecule has 2 amide bonds. The van der Waals surface area contributed by atoms with Gasteiger partial charge in [0.2, 0.25) is 5.91 Å². The maximum Gasteiger partial charge on any atom is 0.289 e. The smallest absolute Gasteiger partial charge is 0.289 e. The van der Waals surface area contributed by atoms with Gasteiger partial charge in [0.25, 0.3) is 5.91 Å². The van der Waals surface area contributed by atoms with E-state index in [1.807, 2.05) is 35.2 Å². The summed E-state index contributed by atoms with van der Waals surface area (Å²) in [5.74, 6) is 0.356. The van der Waals surface area contributed by atoms with E-state index in [1.54, 1.807) is 12.1 Å². The minimum Gasteiger partial charge on any atom is -0.459 e. The van der Waals surface area contributed by atoms with Crippen molar-refractivity contribution in [2.45, 2.75) is 43.8 Å². The van der Waals surface area contributed by atoms with E-state index < -0.39 is 0 Å². The molecular formula is C21H25N3O3. The van der Waals surface area contributed by atoms with Crippen LogP contribution in [0.5, 0.6) is 0 Å². The molecule has 2 heterocycles. The fourth-order valence-electron chi connectivity index (χ4n) is 3.52. The normalized spacial score (nSPS) is 18.9. The molecule has 1 aliphatic heterocycles. The SMILES string of the molecule is O=C(NC1CC1)C(NC1CCN(C(=O)c2ccco2)CC1)c1ccccc1. The van der Waals surface area contributed by atoms with Gasteiger partial charge in [-0.1, -0.05) is 30.3 Å². The number of carbonyl (C=O) groups is 2. The number of hydrogen-bond acceptors (Lipinski definition) is 4. The van der Waals surface area contributed by atoms with Gasteiger partial charge in [-0.15, -0.1) is 0 Å². The first-order chi connectivity index (χ1) is 13.2. The first-order valence-electron chi connectivity index (χ1n) is 9.65. The summed E-state index contributed by atoms with van der Waals surface area (Å²) < 4.78 is 5.21. The third kappa shape index (κ3) is 4.39. The van der Waals surface area contributed by atoms with Gasteiger partial charge >= 0.3 is 0 Å². The number of piperidine rings is 1. The summed E-state index contributed by atoms with van der Waals surface area (Å²) in [5.41, 5.74) is 0.977. The zero-order valence-electron chi connectivity index (χ0n) is 15.3. The van der Waals surface area contributed by atoms with Gasteiger partial charge in [0, 0.05) is 25.2 Å². The second-order valence-corrected chi connectivity index (χ2v) is 7.34. The number of likely N-dealkylation sites (tertiary alicyclic amines) is 1. The number of carbonyl (C=O) groups excluding carboxylic acids is 2. The van der Waals surface area contributed by atoms with Crippen LogP contribution >= 0.6 is 0 Å². The zero-order chi connectivity index (χ0) is 18.6. The lowest BCUT2D eigenvalue weighted by atomic mass is 10.00. The predicted octanol–water partition coefficient (Wildman–Crippen LogP) is 2.49. The largest absolute Gasteiger partial charge is 0.459 e. The molecule has 0 bridgehead atoms. The molecule has 1 unspecified atom stereocenters. The molecular weight excluding hydrogens is 342 g/mol. The molecule has 27 heavy (non-hydrogen) atoms. The molecule has 2 aliphatic rings. The van der Waals surface area contributed by atoms with E-state index in [1.165, 1.54) is 6.26 Å². The van der Waals surface area contributed by atoms with Crippen molar-refractivity contribution in [1.29, 1.82) is 0 Å². The number of furan rings is 1. The van der Waals surface area contributed by atoms with E-state index in [0.717, 1.165) is 31.2 Å². The van der Waals surface area contributed by atoms with E-state index in [0.29, 0.717) is 24.9 Å². The standard InChI is InChI=1S/C21H25N3O3/c25-20(23-16-8-9-16)19(15-5-2-1-3-6-15)22-17-10-12-24(13-11-17)21(26)18-7-4-14-27-18/h1-7,14,16-17,19,22H,8-13H2,(H,23,25). The third-order valence-electron chi connectivity index (χ3n) is 5.24. The van der Waals surface area contributed by atoms with Crippen LogP contribution in [0, 0.1) is 0 Å². The molecule has 1 saturated carbocycles. The fraction of sp³-hybridized carbons (Fsp3) is 0.429. The average molecular weight is 367 g/mol. The lowest BCUT2D eigenvalue weighted by Crippen LogP contribution is -2.48. The molecule has 6 heteroatoms. The third-order valence-corrected chi connectivity index (χ3v) is 5.24. The van der Waals surface area contributed by atoms with Crippen LogP contribution in [0.4, 0.5) is 0 Å². The molecule has 1 aromatic heterocycles. The molecule has 1 saturated heterocycles. The molecule has 0 radical (unpaired) electrons. The van der Waals surface area contributed by atoms with Crippen LogP contribution in [0.3, 0.4) is 0 Å². The molecule has 142 valence electrons. The summed E-state index contributed by atoms with van der Waals surface area (Å²) in [5, 5.41) is 6.64. The highest BCUT2D eigenvalue weighted by Crippen LogP contribution is 2.23. The Morgan fingerprint density at radius 1 is 0.963 bits per heavy atom. The van der Waals surface area contributed by atoms with E-state index in [4.69, 9.17) is 4.42 Å².